The third-order valence-electron chi connectivity index (χ3n) is 24.9. The number of likely N-dealkylation sites (tertiary alicyclic amines) is 3. The van der Waals surface area contributed by atoms with Gasteiger partial charge in [0.15, 0.2) is 0 Å². The number of fused-ring (bicyclic) bond motifs is 3. The molecule has 6 atom stereocenters. The van der Waals surface area contributed by atoms with Gasteiger partial charge in [0, 0.05) is 136 Å². The zero-order valence-electron chi connectivity index (χ0n) is 69.5. The lowest BCUT2D eigenvalue weighted by atomic mass is 10.0. The SMILES string of the molecule is [C-]#[N+]C[C@H]1CN(c2nc(OC[C@@H]3CCCN3C)nc3c2CCN(c2cccc(C)c2C)C3)CCN1C(=O)C#CC.[C-]#[N+]C[C@H]1CN(c2nc(OC[C@@H]3CCCN3C)nc3c2CCN(c2cccc(F)c2C)C3)CCN1C(=O)C=C.[C-]#[N+]C[C@H]1CN(c2nc(OC[C@@H]3CCCN3C)nc3c2CCN(c2cncc(Cl)c2C)C3)CCN1C(=O)C=C. The van der Waals surface area contributed by atoms with Crippen molar-refractivity contribution >= 4 is 63.8 Å². The van der Waals surface area contributed by atoms with Crippen LogP contribution in [-0.4, -0.2) is 277 Å². The molecule has 6 aromatic rings. The van der Waals surface area contributed by atoms with Crippen molar-refractivity contribution in [2.45, 2.75) is 148 Å². The van der Waals surface area contributed by atoms with Crippen LogP contribution in [0.1, 0.15) is 101 Å². The summed E-state index contributed by atoms with van der Waals surface area (Å²) < 4.78 is 33.0. The second kappa shape index (κ2) is 39.1. The lowest BCUT2D eigenvalue weighted by Gasteiger charge is -2.41. The molecule has 13 heterocycles. The number of aromatic nitrogens is 7. The summed E-state index contributed by atoms with van der Waals surface area (Å²) >= 11 is 6.38. The van der Waals surface area contributed by atoms with Gasteiger partial charge in [-0.3, -0.25) is 19.4 Å². The monoisotopic (exact) mass is 1620 g/mol. The number of amides is 3. The first-order chi connectivity index (χ1) is 57.2. The number of hydrogen-bond donors (Lipinski definition) is 0. The van der Waals surface area contributed by atoms with Crippen LogP contribution in [0.5, 0.6) is 18.0 Å². The molecule has 0 aliphatic carbocycles. The number of carbonyl (C=O) groups excluding carboxylic acids is 3. The van der Waals surface area contributed by atoms with Crippen LogP contribution in [0, 0.1) is 65.1 Å². The quantitative estimate of drug-likeness (QED) is 0.0395. The number of benzene rings is 2. The van der Waals surface area contributed by atoms with Crippen molar-refractivity contribution in [2.24, 2.45) is 0 Å². The van der Waals surface area contributed by atoms with E-state index in [9.17, 15) is 18.8 Å². The van der Waals surface area contributed by atoms with Crippen LogP contribution in [0.25, 0.3) is 14.5 Å². The number of halogens is 2. The minimum atomic E-state index is -0.251. The van der Waals surface area contributed by atoms with Crippen molar-refractivity contribution in [3.63, 3.8) is 0 Å². The molecular weight excluding hydrogens is 1520 g/mol. The fraction of sp³-hybridized carbons (Fsp3) is 0.534. The number of aryl methyl sites for hydroxylation is 1. The molecule has 0 unspecified atom stereocenters. The number of rotatable bonds is 20. The van der Waals surface area contributed by atoms with Crippen molar-refractivity contribution in [1.82, 2.24) is 64.3 Å². The number of nitrogens with zero attached hydrogens (tertiary/aromatic N) is 22. The van der Waals surface area contributed by atoms with E-state index in [2.05, 4.69) is 142 Å². The Morgan fingerprint density at radius 1 is 0.500 bits per heavy atom. The van der Waals surface area contributed by atoms with Crippen molar-refractivity contribution in [3.05, 3.63) is 175 Å². The summed E-state index contributed by atoms with van der Waals surface area (Å²) in [5.74, 6) is 7.17. The normalized spacial score (nSPS) is 21.3. The van der Waals surface area contributed by atoms with Gasteiger partial charge in [-0.1, -0.05) is 48.9 Å². The summed E-state index contributed by atoms with van der Waals surface area (Å²) in [4.78, 5) is 108. The minimum absolute atomic E-state index is 0.140. The highest BCUT2D eigenvalue weighted by Crippen LogP contribution is 2.39. The van der Waals surface area contributed by atoms with E-state index in [1.807, 2.05) is 19.2 Å². The molecule has 0 bridgehead atoms. The fourth-order valence-electron chi connectivity index (χ4n) is 17.9. The highest BCUT2D eigenvalue weighted by molar-refractivity contribution is 6.31. The first-order valence-electron chi connectivity index (χ1n) is 41.4. The lowest BCUT2D eigenvalue weighted by molar-refractivity contribution is -0.129. The Morgan fingerprint density at radius 3 is 1.28 bits per heavy atom. The van der Waals surface area contributed by atoms with Gasteiger partial charge < -0.3 is 87.5 Å². The van der Waals surface area contributed by atoms with Gasteiger partial charge in [-0.25, -0.2) is 24.1 Å². The predicted octanol–water partition coefficient (Wildman–Crippen LogP) is 9.16. The van der Waals surface area contributed by atoms with Gasteiger partial charge >= 0.3 is 18.0 Å². The molecular formula is C88H110ClFN22O6. The Labute approximate surface area is 699 Å². The van der Waals surface area contributed by atoms with Crippen LogP contribution < -0.4 is 43.6 Å². The number of ether oxygens (including phenoxy) is 3. The Bertz CT molecular complexity index is 4670. The van der Waals surface area contributed by atoms with Gasteiger partial charge in [-0.05, 0) is 186 Å². The highest BCUT2D eigenvalue weighted by Gasteiger charge is 2.40. The summed E-state index contributed by atoms with van der Waals surface area (Å²) in [7, 11) is 6.38. The molecule has 30 heteroatoms. The van der Waals surface area contributed by atoms with Gasteiger partial charge in [0.1, 0.15) is 61.2 Å². The summed E-state index contributed by atoms with van der Waals surface area (Å²) in [6.07, 6.45) is 15.2. The van der Waals surface area contributed by atoms with E-state index in [1.54, 1.807) is 40.8 Å². The fourth-order valence-corrected chi connectivity index (χ4v) is 18.0. The van der Waals surface area contributed by atoms with E-state index < -0.39 is 0 Å². The van der Waals surface area contributed by atoms with Crippen molar-refractivity contribution in [2.75, 3.05) is 188 Å². The van der Waals surface area contributed by atoms with Crippen LogP contribution in [0.15, 0.2) is 74.1 Å². The zero-order chi connectivity index (χ0) is 83.3. The largest absolute Gasteiger partial charge is 0.462 e. The number of likely N-dealkylation sites (N-methyl/N-ethyl adjacent to an activating group) is 3. The first kappa shape index (κ1) is 84.9. The molecule has 6 saturated heterocycles. The topological polar surface area (TPSA) is 221 Å². The molecule has 0 saturated carbocycles. The van der Waals surface area contributed by atoms with Crippen molar-refractivity contribution < 1.29 is 33.0 Å². The van der Waals surface area contributed by atoms with Crippen LogP contribution in [-0.2, 0) is 53.3 Å². The van der Waals surface area contributed by atoms with Gasteiger partial charge in [-0.15, -0.1) is 0 Å². The van der Waals surface area contributed by atoms with E-state index >= 15 is 0 Å². The van der Waals surface area contributed by atoms with Crippen LogP contribution in [0.2, 0.25) is 5.02 Å². The van der Waals surface area contributed by atoms with E-state index in [0.29, 0.717) is 158 Å². The standard InChI is InChI=1S/C31H39N7O2.C29H36FN7O2.C28H35ClN8O2/c1-6-9-29(39)38-17-16-37(19-25(38)18-32-4)30-26-13-15-36(28-12-7-10-22(2)23(28)3)20-27(26)33-31(34-30)40-21-24-11-8-14-35(24)5;1-5-27(38)37-15-14-36(17-22(37)16-31-3)28-23-11-13-35(26-10-6-9-24(30)20(26)2)18-25(23)32-29(33-28)39-19-21-8-7-12-34(21)4;1-5-26(38)37-12-11-36(16-21(37)13-30-3)27-22-8-10-35(25-15-31-14-23(29)19(25)2)17-24(22)32-28(33-27)39-18-20-7-6-9-34(20)4/h7,10,12,24-25H,8,11,13-21H2,1-3,5H3;5-6,9-10,21-22H,1,7-8,11-19H2,2,4H3;5,14-15,20-21H,1,6-13,16-18H2,2,4H3/t24-,25-;21-,22-;20-,21-/m000/s1. The maximum absolute atomic E-state index is 14.4. The molecule has 622 valence electrons. The Morgan fingerprint density at radius 2 is 0.890 bits per heavy atom. The highest BCUT2D eigenvalue weighted by atomic mass is 35.5. The maximum atomic E-state index is 14.4. The van der Waals surface area contributed by atoms with Crippen LogP contribution >= 0.6 is 11.6 Å². The average molecular weight is 1630 g/mol. The maximum Gasteiger partial charge on any atom is 0.318 e. The van der Waals surface area contributed by atoms with Crippen molar-refractivity contribution in [1.29, 1.82) is 0 Å². The van der Waals surface area contributed by atoms with Crippen LogP contribution in [0.4, 0.5) is 38.9 Å². The number of carbonyl (C=O) groups is 3. The molecule has 2 aromatic carbocycles. The third kappa shape index (κ3) is 19.4. The molecule has 4 aromatic heterocycles. The number of piperazine rings is 3. The van der Waals surface area contributed by atoms with E-state index in [0.717, 1.165) is 139 Å². The van der Waals surface area contributed by atoms with Gasteiger partial charge in [-0.2, -0.15) is 29.9 Å². The molecule has 3 amide bonds. The Balaban J connectivity index is 0.000000153. The molecule has 9 aliphatic rings. The summed E-state index contributed by atoms with van der Waals surface area (Å²) in [6, 6.07) is 13.1. The lowest BCUT2D eigenvalue weighted by Crippen LogP contribution is -2.56. The molecule has 118 heavy (non-hydrogen) atoms. The van der Waals surface area contributed by atoms with Gasteiger partial charge in [0.05, 0.1) is 53.6 Å². The molecule has 9 aliphatic heterocycles. The number of pyridine rings is 1. The number of hydrogen-bond acceptors (Lipinski definition) is 22. The molecule has 0 spiro atoms. The van der Waals surface area contributed by atoms with Gasteiger partial charge in [0.25, 0.3) is 5.91 Å². The number of anilines is 6. The smallest absolute Gasteiger partial charge is 0.318 e. The van der Waals surface area contributed by atoms with E-state index in [4.69, 9.17) is 75.4 Å². The van der Waals surface area contributed by atoms with E-state index in [1.165, 1.54) is 47.9 Å². The van der Waals surface area contributed by atoms with Crippen LogP contribution in [0.3, 0.4) is 0 Å². The summed E-state index contributed by atoms with van der Waals surface area (Å²) in [6.45, 7) is 54.0. The van der Waals surface area contributed by atoms with E-state index in [-0.39, 0.29) is 61.3 Å². The average Bonchev–Trinajstić information content (AvgIpc) is 0.918. The second-order valence-electron chi connectivity index (χ2n) is 32.1. The second-order valence-corrected chi connectivity index (χ2v) is 32.5. The third-order valence-corrected chi connectivity index (χ3v) is 25.3. The Kier molecular flexibility index (Phi) is 28.1. The Hall–Kier alpha value is -11.0. The molecule has 6 fully saturated rings. The zero-order valence-corrected chi connectivity index (χ0v) is 70.3. The first-order valence-corrected chi connectivity index (χ1v) is 41.7. The predicted molar refractivity (Wildman–Crippen MR) is 456 cm³/mol. The molecule has 28 nitrogen and oxygen atoms in total. The minimum Gasteiger partial charge on any atom is -0.462 e. The molecule has 0 N–H and O–H groups in total. The molecule has 15 rings (SSSR count). The summed E-state index contributed by atoms with van der Waals surface area (Å²) in [5, 5.41) is 0.643. The molecule has 0 radical (unpaired) electrons. The van der Waals surface area contributed by atoms with Crippen molar-refractivity contribution in [3.8, 4) is 29.9 Å². The summed E-state index contributed by atoms with van der Waals surface area (Å²) in [5.41, 5.74) is 13.4. The van der Waals surface area contributed by atoms with Gasteiger partial charge in [0.2, 0.25) is 31.4 Å².